The van der Waals surface area contributed by atoms with E-state index in [1.165, 1.54) is 12.1 Å². The van der Waals surface area contributed by atoms with Crippen LogP contribution >= 0.6 is 12.4 Å². The average Bonchev–Trinajstić information content (AvgIpc) is 2.22. The summed E-state index contributed by atoms with van der Waals surface area (Å²) in [6, 6.07) is 3.19. The minimum absolute atomic E-state index is 0. The van der Waals surface area contributed by atoms with Crippen molar-refractivity contribution in [1.82, 2.24) is 5.32 Å². The Bertz CT molecular complexity index is 428. The van der Waals surface area contributed by atoms with Crippen LogP contribution in [0.2, 0.25) is 0 Å². The molecule has 1 N–H and O–H groups in total. The number of carbonyl (C=O) groups is 1. The molecule has 0 aromatic heterocycles. The molecule has 0 aliphatic carbocycles. The van der Waals surface area contributed by atoms with Gasteiger partial charge in [-0.1, -0.05) is 12.1 Å². The zero-order valence-corrected chi connectivity index (χ0v) is 9.27. The molecular weight excluding hydrogens is 259 g/mol. The van der Waals surface area contributed by atoms with Gasteiger partial charge in [0.2, 0.25) is 0 Å². The van der Waals surface area contributed by atoms with Crippen molar-refractivity contribution in [2.45, 2.75) is 12.0 Å². The Morgan fingerprint density at radius 3 is 2.76 bits per heavy atom. The van der Waals surface area contributed by atoms with E-state index in [2.05, 4.69) is 4.74 Å². The minimum atomic E-state index is -3.25. The molecular formula is C10H9ClF3NO2. The summed E-state index contributed by atoms with van der Waals surface area (Å²) in [4.78, 5) is 10.9. The third kappa shape index (κ3) is 2.82. The molecule has 1 amide bonds. The first-order valence-corrected chi connectivity index (χ1v) is 4.55. The van der Waals surface area contributed by atoms with Gasteiger partial charge >= 0.3 is 12.0 Å². The van der Waals surface area contributed by atoms with Crippen molar-refractivity contribution < 1.29 is 22.7 Å². The highest BCUT2D eigenvalue weighted by Crippen LogP contribution is 2.34. The SMILES string of the molecule is Cl.O=C1N[C@H](c2cccc(F)c2)C(F)(F)CO1. The standard InChI is InChI=1S/C10H8F3NO2.ClH/c11-7-3-1-2-6(4-7)8-10(12,13)5-16-9(15)14-8;/h1-4,8H,5H2,(H,14,15);1H/t8-;/m1./s1. The minimum Gasteiger partial charge on any atom is -0.443 e. The van der Waals surface area contributed by atoms with Crippen LogP contribution in [0.15, 0.2) is 24.3 Å². The van der Waals surface area contributed by atoms with Crippen LogP contribution < -0.4 is 5.32 Å². The van der Waals surface area contributed by atoms with Gasteiger partial charge in [-0.2, -0.15) is 0 Å². The first-order chi connectivity index (χ1) is 7.49. The lowest BCUT2D eigenvalue weighted by molar-refractivity contribution is -0.104. The van der Waals surface area contributed by atoms with Crippen LogP contribution in [-0.2, 0) is 4.74 Å². The molecule has 0 saturated carbocycles. The zero-order chi connectivity index (χ0) is 11.8. The number of carbonyl (C=O) groups excluding carboxylic acids is 1. The normalized spacial score (nSPS) is 22.1. The van der Waals surface area contributed by atoms with Crippen molar-refractivity contribution in [3.8, 4) is 0 Å². The van der Waals surface area contributed by atoms with Gasteiger partial charge in [-0.05, 0) is 17.7 Å². The first-order valence-electron chi connectivity index (χ1n) is 4.55. The molecule has 0 spiro atoms. The van der Waals surface area contributed by atoms with E-state index >= 15 is 0 Å². The summed E-state index contributed by atoms with van der Waals surface area (Å²) in [6.07, 6.45) is -0.930. The van der Waals surface area contributed by atoms with Crippen LogP contribution in [0.25, 0.3) is 0 Å². The third-order valence-corrected chi connectivity index (χ3v) is 2.26. The fourth-order valence-electron chi connectivity index (χ4n) is 1.52. The Hall–Kier alpha value is -1.43. The van der Waals surface area contributed by atoms with Crippen molar-refractivity contribution in [2.75, 3.05) is 6.61 Å². The largest absolute Gasteiger partial charge is 0.443 e. The Morgan fingerprint density at radius 1 is 1.41 bits per heavy atom. The van der Waals surface area contributed by atoms with Crippen molar-refractivity contribution in [1.29, 1.82) is 0 Å². The maximum absolute atomic E-state index is 13.4. The Labute approximate surface area is 101 Å². The van der Waals surface area contributed by atoms with Crippen molar-refractivity contribution in [2.24, 2.45) is 0 Å². The number of benzene rings is 1. The van der Waals surface area contributed by atoms with Crippen LogP contribution in [0.3, 0.4) is 0 Å². The number of cyclic esters (lactones) is 1. The predicted molar refractivity (Wildman–Crippen MR) is 55.8 cm³/mol. The summed E-state index contributed by atoms with van der Waals surface area (Å²) in [5.41, 5.74) is 0.0154. The fourth-order valence-corrected chi connectivity index (χ4v) is 1.52. The Kier molecular flexibility index (Phi) is 3.87. The predicted octanol–water partition coefficient (Wildman–Crippen LogP) is 2.66. The molecule has 0 radical (unpaired) electrons. The highest BCUT2D eigenvalue weighted by molar-refractivity contribution is 5.85. The molecule has 0 unspecified atom stereocenters. The van der Waals surface area contributed by atoms with E-state index in [9.17, 15) is 18.0 Å². The molecule has 94 valence electrons. The number of hydrogen-bond acceptors (Lipinski definition) is 2. The van der Waals surface area contributed by atoms with Gasteiger partial charge < -0.3 is 10.1 Å². The summed E-state index contributed by atoms with van der Waals surface area (Å²) in [6.45, 7) is -1.000. The van der Waals surface area contributed by atoms with Gasteiger partial charge in [0.25, 0.3) is 0 Å². The Balaban J connectivity index is 0.00000144. The van der Waals surface area contributed by atoms with Crippen LogP contribution in [0.1, 0.15) is 11.6 Å². The van der Waals surface area contributed by atoms with Crippen LogP contribution in [0.4, 0.5) is 18.0 Å². The molecule has 1 heterocycles. The molecule has 1 atom stereocenters. The lowest BCUT2D eigenvalue weighted by atomic mass is 10.0. The number of ether oxygens (including phenoxy) is 1. The molecule has 1 aromatic carbocycles. The van der Waals surface area contributed by atoms with Gasteiger partial charge in [0.15, 0.2) is 6.61 Å². The quantitative estimate of drug-likeness (QED) is 0.849. The molecule has 1 saturated heterocycles. The molecule has 1 fully saturated rings. The van der Waals surface area contributed by atoms with Crippen LogP contribution in [0, 0.1) is 5.82 Å². The number of nitrogens with one attached hydrogen (secondary N) is 1. The molecule has 1 aliphatic heterocycles. The van der Waals surface area contributed by atoms with Crippen LogP contribution in [0.5, 0.6) is 0 Å². The van der Waals surface area contributed by atoms with Gasteiger partial charge in [-0.3, -0.25) is 0 Å². The van der Waals surface area contributed by atoms with Gasteiger partial charge in [-0.15, -0.1) is 12.4 Å². The fraction of sp³-hybridized carbons (Fsp3) is 0.300. The molecule has 3 nitrogen and oxygen atoms in total. The highest BCUT2D eigenvalue weighted by Gasteiger charge is 2.46. The summed E-state index contributed by atoms with van der Waals surface area (Å²) in [7, 11) is 0. The van der Waals surface area contributed by atoms with Gasteiger partial charge in [-0.25, -0.2) is 18.0 Å². The number of halogens is 4. The average molecular weight is 268 g/mol. The van der Waals surface area contributed by atoms with E-state index in [0.29, 0.717) is 0 Å². The maximum atomic E-state index is 13.4. The van der Waals surface area contributed by atoms with Gasteiger partial charge in [0.1, 0.15) is 11.9 Å². The molecule has 1 aliphatic rings. The van der Waals surface area contributed by atoms with E-state index < -0.39 is 30.5 Å². The van der Waals surface area contributed by atoms with E-state index in [1.54, 1.807) is 0 Å². The Morgan fingerprint density at radius 2 is 2.12 bits per heavy atom. The van der Waals surface area contributed by atoms with E-state index in [1.807, 2.05) is 5.32 Å². The molecule has 1 aromatic rings. The van der Waals surface area contributed by atoms with Crippen molar-refractivity contribution >= 4 is 18.5 Å². The second kappa shape index (κ2) is 4.83. The summed E-state index contributed by atoms with van der Waals surface area (Å²) >= 11 is 0. The number of amides is 1. The van der Waals surface area contributed by atoms with Crippen molar-refractivity contribution in [3.05, 3.63) is 35.6 Å². The number of alkyl halides is 2. The van der Waals surface area contributed by atoms with Gasteiger partial charge in [0, 0.05) is 0 Å². The molecule has 2 rings (SSSR count). The maximum Gasteiger partial charge on any atom is 0.408 e. The highest BCUT2D eigenvalue weighted by atomic mass is 35.5. The van der Waals surface area contributed by atoms with E-state index in [0.717, 1.165) is 12.1 Å². The monoisotopic (exact) mass is 267 g/mol. The van der Waals surface area contributed by atoms with Crippen LogP contribution in [-0.4, -0.2) is 18.6 Å². The first kappa shape index (κ1) is 13.6. The molecule has 17 heavy (non-hydrogen) atoms. The second-order valence-electron chi connectivity index (χ2n) is 3.47. The lowest BCUT2D eigenvalue weighted by Crippen LogP contribution is -2.49. The number of rotatable bonds is 1. The number of alkyl carbamates (subject to hydrolysis) is 1. The molecule has 7 heteroatoms. The zero-order valence-electron chi connectivity index (χ0n) is 8.45. The van der Waals surface area contributed by atoms with E-state index in [4.69, 9.17) is 0 Å². The van der Waals surface area contributed by atoms with Gasteiger partial charge in [0.05, 0.1) is 0 Å². The van der Waals surface area contributed by atoms with E-state index in [-0.39, 0.29) is 18.0 Å². The van der Waals surface area contributed by atoms with Crippen molar-refractivity contribution in [3.63, 3.8) is 0 Å². The second-order valence-corrected chi connectivity index (χ2v) is 3.47. The summed E-state index contributed by atoms with van der Waals surface area (Å²) < 4.78 is 43.9. The smallest absolute Gasteiger partial charge is 0.408 e. The lowest BCUT2D eigenvalue weighted by Gasteiger charge is -2.31. The topological polar surface area (TPSA) is 38.3 Å². The molecule has 0 bridgehead atoms. The summed E-state index contributed by atoms with van der Waals surface area (Å²) in [5.74, 6) is -3.88. The number of hydrogen-bond donors (Lipinski definition) is 1. The summed E-state index contributed by atoms with van der Waals surface area (Å²) in [5, 5.41) is 1.97. The third-order valence-electron chi connectivity index (χ3n) is 2.26.